The molecule has 2 rings (SSSR count). The van der Waals surface area contributed by atoms with Crippen LogP contribution in [-0.4, -0.2) is 23.8 Å². The lowest BCUT2D eigenvalue weighted by Gasteiger charge is -2.00. The summed E-state index contributed by atoms with van der Waals surface area (Å²) in [4.78, 5) is 26.5. The quantitative estimate of drug-likeness (QED) is 0.687. The second-order valence-electron chi connectivity index (χ2n) is 3.26. The molecular formula is C11H11NO3S2. The number of aromatic amines is 1. The number of nitrogens with one attached hydrogen (secondary N) is 1. The Morgan fingerprint density at radius 2 is 2.35 bits per heavy atom. The lowest BCUT2D eigenvalue weighted by molar-refractivity contribution is 0.0524. The van der Waals surface area contributed by atoms with Gasteiger partial charge in [-0.15, -0.1) is 23.1 Å². The Balaban J connectivity index is 2.57. The predicted molar refractivity (Wildman–Crippen MR) is 70.2 cm³/mol. The molecule has 2 aromatic rings. The average molecular weight is 269 g/mol. The van der Waals surface area contributed by atoms with Crippen molar-refractivity contribution in [2.75, 3.05) is 12.9 Å². The summed E-state index contributed by atoms with van der Waals surface area (Å²) < 4.78 is 6.44. The Morgan fingerprint density at radius 1 is 1.59 bits per heavy atom. The highest BCUT2D eigenvalue weighted by Gasteiger charge is 2.15. The Labute approximate surface area is 106 Å². The maximum absolute atomic E-state index is 12.1. The molecule has 17 heavy (non-hydrogen) atoms. The van der Waals surface area contributed by atoms with Crippen molar-refractivity contribution in [2.24, 2.45) is 0 Å². The molecule has 4 nitrogen and oxygen atoms in total. The number of rotatable bonds is 3. The van der Waals surface area contributed by atoms with E-state index in [-0.39, 0.29) is 17.6 Å². The van der Waals surface area contributed by atoms with Crippen molar-refractivity contribution in [1.29, 1.82) is 0 Å². The van der Waals surface area contributed by atoms with E-state index < -0.39 is 5.97 Å². The van der Waals surface area contributed by atoms with Crippen LogP contribution in [0.2, 0.25) is 0 Å². The van der Waals surface area contributed by atoms with Gasteiger partial charge in [0.15, 0.2) is 0 Å². The zero-order valence-electron chi connectivity index (χ0n) is 9.40. The van der Waals surface area contributed by atoms with Gasteiger partial charge in [0.05, 0.1) is 21.0 Å². The first-order chi connectivity index (χ1) is 8.17. The van der Waals surface area contributed by atoms with E-state index in [9.17, 15) is 9.59 Å². The van der Waals surface area contributed by atoms with E-state index in [0.717, 1.165) is 9.73 Å². The van der Waals surface area contributed by atoms with Crippen LogP contribution in [0.4, 0.5) is 0 Å². The molecule has 0 aromatic carbocycles. The number of aromatic nitrogens is 1. The topological polar surface area (TPSA) is 59.2 Å². The Morgan fingerprint density at radius 3 is 3.00 bits per heavy atom. The molecular weight excluding hydrogens is 258 g/mol. The third kappa shape index (κ3) is 2.23. The first-order valence-electron chi connectivity index (χ1n) is 5.03. The van der Waals surface area contributed by atoms with Crippen molar-refractivity contribution in [2.45, 2.75) is 11.1 Å². The molecule has 0 atom stereocenters. The minimum atomic E-state index is -0.574. The van der Waals surface area contributed by atoms with Gasteiger partial charge in [0.1, 0.15) is 5.56 Å². The molecule has 0 saturated heterocycles. The van der Waals surface area contributed by atoms with Gasteiger partial charge in [-0.1, -0.05) is 0 Å². The Kier molecular flexibility index (Phi) is 3.54. The highest BCUT2D eigenvalue weighted by atomic mass is 32.2. The summed E-state index contributed by atoms with van der Waals surface area (Å²) in [5.41, 5.74) is 0.564. The maximum atomic E-state index is 12.1. The SMILES string of the molecule is CCOC(=O)c1c[nH]c2cc(SC)sc2c1=O. The minimum Gasteiger partial charge on any atom is -0.462 e. The van der Waals surface area contributed by atoms with Gasteiger partial charge >= 0.3 is 5.97 Å². The van der Waals surface area contributed by atoms with Crippen molar-refractivity contribution in [3.8, 4) is 0 Å². The molecule has 0 saturated carbocycles. The molecule has 90 valence electrons. The van der Waals surface area contributed by atoms with Crippen LogP contribution in [0.1, 0.15) is 17.3 Å². The first kappa shape index (κ1) is 12.2. The standard InChI is InChI=1S/C11H11NO3S2/c1-3-15-11(14)6-5-12-7-4-8(16-2)17-10(7)9(6)13/h4-5H,3H2,1-2H3,(H,12,13). The molecule has 0 aliphatic rings. The van der Waals surface area contributed by atoms with Crippen LogP contribution >= 0.6 is 23.1 Å². The third-order valence-electron chi connectivity index (χ3n) is 2.23. The number of carbonyl (C=O) groups is 1. The number of carbonyl (C=O) groups excluding carboxylic acids is 1. The van der Waals surface area contributed by atoms with Crippen LogP contribution in [0.25, 0.3) is 10.2 Å². The normalized spacial score (nSPS) is 10.7. The number of H-pyrrole nitrogens is 1. The van der Waals surface area contributed by atoms with Gasteiger partial charge in [-0.3, -0.25) is 4.79 Å². The second-order valence-corrected chi connectivity index (χ2v) is 5.42. The van der Waals surface area contributed by atoms with Crippen molar-refractivity contribution in [3.63, 3.8) is 0 Å². The van der Waals surface area contributed by atoms with Gasteiger partial charge in [-0.25, -0.2) is 4.79 Å². The van der Waals surface area contributed by atoms with E-state index in [4.69, 9.17) is 4.74 Å². The number of ether oxygens (including phenoxy) is 1. The number of thioether (sulfide) groups is 1. The minimum absolute atomic E-state index is 0.0638. The summed E-state index contributed by atoms with van der Waals surface area (Å²) in [5, 5.41) is 0. The smallest absolute Gasteiger partial charge is 0.343 e. The lowest BCUT2D eigenvalue weighted by atomic mass is 10.2. The van der Waals surface area contributed by atoms with E-state index >= 15 is 0 Å². The maximum Gasteiger partial charge on any atom is 0.343 e. The van der Waals surface area contributed by atoms with Crippen molar-refractivity contribution in [1.82, 2.24) is 4.98 Å². The van der Waals surface area contributed by atoms with Crippen LogP contribution in [0.3, 0.4) is 0 Å². The van der Waals surface area contributed by atoms with Gasteiger partial charge in [0.25, 0.3) is 0 Å². The Bertz CT molecular complexity index is 615. The molecule has 0 unspecified atom stereocenters. The molecule has 0 aliphatic heterocycles. The van der Waals surface area contributed by atoms with Gasteiger partial charge in [0.2, 0.25) is 5.43 Å². The van der Waals surface area contributed by atoms with E-state index in [0.29, 0.717) is 4.70 Å². The summed E-state index contributed by atoms with van der Waals surface area (Å²) in [6, 6.07) is 1.90. The van der Waals surface area contributed by atoms with Crippen LogP contribution in [0.5, 0.6) is 0 Å². The van der Waals surface area contributed by atoms with E-state index in [1.165, 1.54) is 17.5 Å². The average Bonchev–Trinajstić information content (AvgIpc) is 2.73. The molecule has 0 spiro atoms. The lowest BCUT2D eigenvalue weighted by Crippen LogP contribution is -2.17. The highest BCUT2D eigenvalue weighted by Crippen LogP contribution is 2.28. The van der Waals surface area contributed by atoms with E-state index in [1.807, 2.05) is 12.3 Å². The second kappa shape index (κ2) is 4.93. The zero-order valence-corrected chi connectivity index (χ0v) is 11.0. The number of pyridine rings is 1. The fourth-order valence-corrected chi connectivity index (χ4v) is 3.07. The molecule has 0 fully saturated rings. The summed E-state index contributed by atoms with van der Waals surface area (Å²) in [7, 11) is 0. The highest BCUT2D eigenvalue weighted by molar-refractivity contribution is 8.00. The van der Waals surface area contributed by atoms with Crippen LogP contribution in [-0.2, 0) is 4.74 Å². The number of thiophene rings is 1. The molecule has 2 heterocycles. The molecule has 1 N–H and O–H groups in total. The van der Waals surface area contributed by atoms with E-state index in [2.05, 4.69) is 4.98 Å². The van der Waals surface area contributed by atoms with Gasteiger partial charge in [-0.2, -0.15) is 0 Å². The monoisotopic (exact) mass is 269 g/mol. The largest absolute Gasteiger partial charge is 0.462 e. The Hall–Kier alpha value is -1.27. The fraction of sp³-hybridized carbons (Fsp3) is 0.273. The van der Waals surface area contributed by atoms with Crippen molar-refractivity contribution < 1.29 is 9.53 Å². The van der Waals surface area contributed by atoms with Crippen molar-refractivity contribution >= 4 is 39.3 Å². The number of hydrogen-bond donors (Lipinski definition) is 1. The fourth-order valence-electron chi connectivity index (χ4n) is 1.44. The molecule has 0 bridgehead atoms. The van der Waals surface area contributed by atoms with Gasteiger partial charge in [0, 0.05) is 6.20 Å². The molecule has 0 amide bonds. The van der Waals surface area contributed by atoms with Crippen LogP contribution in [0.15, 0.2) is 21.3 Å². The number of hydrogen-bond acceptors (Lipinski definition) is 5. The molecule has 2 aromatic heterocycles. The molecule has 6 heteroatoms. The number of esters is 1. The third-order valence-corrected chi connectivity index (χ3v) is 4.43. The van der Waals surface area contributed by atoms with Crippen LogP contribution in [0, 0.1) is 0 Å². The van der Waals surface area contributed by atoms with Crippen LogP contribution < -0.4 is 5.43 Å². The zero-order chi connectivity index (χ0) is 12.4. The first-order valence-corrected chi connectivity index (χ1v) is 7.07. The summed E-state index contributed by atoms with van der Waals surface area (Å²) in [5.74, 6) is -0.574. The van der Waals surface area contributed by atoms with Gasteiger partial charge < -0.3 is 9.72 Å². The van der Waals surface area contributed by atoms with Crippen molar-refractivity contribution in [3.05, 3.63) is 28.0 Å². The van der Waals surface area contributed by atoms with E-state index in [1.54, 1.807) is 18.7 Å². The summed E-state index contributed by atoms with van der Waals surface area (Å²) in [6.45, 7) is 1.97. The summed E-state index contributed by atoms with van der Waals surface area (Å²) >= 11 is 2.96. The molecule has 0 radical (unpaired) electrons. The number of fused-ring (bicyclic) bond motifs is 1. The molecule has 0 aliphatic carbocycles. The summed E-state index contributed by atoms with van der Waals surface area (Å²) in [6.07, 6.45) is 3.36. The predicted octanol–water partition coefficient (Wildman–Crippen LogP) is 2.49. The van der Waals surface area contributed by atoms with Gasteiger partial charge in [-0.05, 0) is 19.2 Å².